The van der Waals surface area contributed by atoms with E-state index >= 15 is 0 Å². The Morgan fingerprint density at radius 3 is 2.19 bits per heavy atom. The first-order chi connectivity index (χ1) is 20.8. The molecule has 0 saturated carbocycles. The number of nitrogens with one attached hydrogen (secondary N) is 1. The quantitative estimate of drug-likeness (QED) is 0.173. The number of thioether (sulfide) groups is 1. The molecule has 7 nitrogen and oxygen atoms in total. The van der Waals surface area contributed by atoms with E-state index < -0.39 is 12.3 Å². The molecule has 4 aromatic carbocycles. The van der Waals surface area contributed by atoms with Crippen molar-refractivity contribution in [3.63, 3.8) is 0 Å². The smallest absolute Gasteiger partial charge is 0.335 e. The van der Waals surface area contributed by atoms with Crippen molar-refractivity contribution in [1.82, 2.24) is 5.32 Å². The van der Waals surface area contributed by atoms with Crippen molar-refractivity contribution >= 4 is 23.6 Å². The van der Waals surface area contributed by atoms with Crippen molar-refractivity contribution in [1.29, 1.82) is 0 Å². The summed E-state index contributed by atoms with van der Waals surface area (Å²) in [7, 11) is 0. The minimum Gasteiger partial charge on any atom is -0.478 e. The third-order valence-electron chi connectivity index (χ3n) is 7.68. The van der Waals surface area contributed by atoms with Crippen LogP contribution in [0.5, 0.6) is 0 Å². The summed E-state index contributed by atoms with van der Waals surface area (Å²) in [6, 6.07) is 30.8. The summed E-state index contributed by atoms with van der Waals surface area (Å²) >= 11 is 1.62. The highest BCUT2D eigenvalue weighted by Crippen LogP contribution is 2.43. The summed E-state index contributed by atoms with van der Waals surface area (Å²) in [6.07, 6.45) is -0.976. The molecule has 0 radical (unpaired) electrons. The highest BCUT2D eigenvalue weighted by Gasteiger charge is 2.38. The molecular weight excluding hydrogens is 562 g/mol. The topological polar surface area (TPSA) is 105 Å². The molecule has 0 aliphatic carbocycles. The number of hydrogen-bond donors (Lipinski definition) is 3. The van der Waals surface area contributed by atoms with Gasteiger partial charge in [0.05, 0.1) is 24.4 Å². The number of hydrogen-bond acceptors (Lipinski definition) is 6. The first-order valence-electron chi connectivity index (χ1n) is 14.2. The van der Waals surface area contributed by atoms with Crippen LogP contribution in [0.4, 0.5) is 0 Å². The minimum absolute atomic E-state index is 0.0205. The molecule has 43 heavy (non-hydrogen) atoms. The number of carbonyl (C=O) groups excluding carboxylic acids is 1. The maximum atomic E-state index is 11.5. The van der Waals surface area contributed by atoms with Crippen LogP contribution in [0, 0.1) is 5.92 Å². The zero-order valence-corrected chi connectivity index (χ0v) is 24.9. The van der Waals surface area contributed by atoms with Gasteiger partial charge in [-0.15, -0.1) is 11.8 Å². The highest BCUT2D eigenvalue weighted by atomic mass is 32.2. The summed E-state index contributed by atoms with van der Waals surface area (Å²) < 4.78 is 13.2. The number of carboxylic acid groups (broad SMARTS) is 1. The normalized spacial score (nSPS) is 20.0. The molecule has 1 saturated heterocycles. The average molecular weight is 598 g/mol. The molecule has 0 unspecified atom stereocenters. The van der Waals surface area contributed by atoms with Gasteiger partial charge < -0.3 is 25.0 Å². The van der Waals surface area contributed by atoms with Crippen LogP contribution in [-0.4, -0.2) is 33.9 Å². The summed E-state index contributed by atoms with van der Waals surface area (Å²) in [6.45, 7) is 4.06. The second kappa shape index (κ2) is 14.0. The molecule has 4 atom stereocenters. The lowest BCUT2D eigenvalue weighted by molar-refractivity contribution is -0.268. The fourth-order valence-corrected chi connectivity index (χ4v) is 6.24. The van der Waals surface area contributed by atoms with E-state index in [1.165, 1.54) is 6.92 Å². The first-order valence-corrected chi connectivity index (χ1v) is 15.2. The van der Waals surface area contributed by atoms with E-state index in [-0.39, 0.29) is 36.2 Å². The summed E-state index contributed by atoms with van der Waals surface area (Å²) in [5, 5.41) is 21.6. The number of carboxylic acids is 1. The second-order valence-electron chi connectivity index (χ2n) is 10.7. The number of carbonyl (C=O) groups is 2. The van der Waals surface area contributed by atoms with Crippen LogP contribution in [0.3, 0.4) is 0 Å². The second-order valence-corrected chi connectivity index (χ2v) is 11.7. The summed E-state index contributed by atoms with van der Waals surface area (Å²) in [4.78, 5) is 23.7. The molecule has 1 amide bonds. The third kappa shape index (κ3) is 7.53. The molecule has 0 spiro atoms. The molecule has 5 rings (SSSR count). The van der Waals surface area contributed by atoms with Crippen LogP contribution < -0.4 is 5.32 Å². The Kier molecular flexibility index (Phi) is 9.94. The van der Waals surface area contributed by atoms with Crippen molar-refractivity contribution in [2.75, 3.05) is 5.75 Å². The van der Waals surface area contributed by atoms with Gasteiger partial charge >= 0.3 is 5.97 Å². The van der Waals surface area contributed by atoms with Crippen molar-refractivity contribution in [3.05, 3.63) is 125 Å². The highest BCUT2D eigenvalue weighted by molar-refractivity contribution is 7.99. The molecule has 1 fully saturated rings. The third-order valence-corrected chi connectivity index (χ3v) is 8.78. The zero-order chi connectivity index (χ0) is 30.3. The number of benzene rings is 4. The zero-order valence-electron chi connectivity index (χ0n) is 24.1. The number of aliphatic hydroxyl groups is 1. The van der Waals surface area contributed by atoms with E-state index in [9.17, 15) is 19.8 Å². The van der Waals surface area contributed by atoms with Gasteiger partial charge in [-0.3, -0.25) is 4.79 Å². The Hall–Kier alpha value is -3.95. The van der Waals surface area contributed by atoms with Gasteiger partial charge in [0.2, 0.25) is 5.91 Å². The Morgan fingerprint density at radius 1 is 0.860 bits per heavy atom. The van der Waals surface area contributed by atoms with Gasteiger partial charge in [0.1, 0.15) is 0 Å². The predicted molar refractivity (Wildman–Crippen MR) is 166 cm³/mol. The predicted octanol–water partition coefficient (Wildman–Crippen LogP) is 6.76. The molecule has 1 aliphatic heterocycles. The maximum absolute atomic E-state index is 11.5. The Bertz CT molecular complexity index is 1540. The van der Waals surface area contributed by atoms with Crippen LogP contribution in [0.1, 0.15) is 58.9 Å². The van der Waals surface area contributed by atoms with Gasteiger partial charge in [0, 0.05) is 35.6 Å². The monoisotopic (exact) mass is 597 g/mol. The van der Waals surface area contributed by atoms with Crippen LogP contribution in [0.25, 0.3) is 11.1 Å². The largest absolute Gasteiger partial charge is 0.478 e. The van der Waals surface area contributed by atoms with Crippen LogP contribution in [0.15, 0.2) is 102 Å². The number of ether oxygens (including phenoxy) is 2. The van der Waals surface area contributed by atoms with Crippen molar-refractivity contribution in [2.24, 2.45) is 5.92 Å². The molecule has 1 heterocycles. The Labute approximate surface area is 255 Å². The van der Waals surface area contributed by atoms with E-state index in [4.69, 9.17) is 9.47 Å². The lowest BCUT2D eigenvalue weighted by Crippen LogP contribution is -2.38. The van der Waals surface area contributed by atoms with Gasteiger partial charge in [0.15, 0.2) is 6.29 Å². The van der Waals surface area contributed by atoms with E-state index in [0.717, 1.165) is 38.3 Å². The molecular formula is C35H35NO6S. The van der Waals surface area contributed by atoms with Crippen LogP contribution >= 0.6 is 11.8 Å². The molecule has 8 heteroatoms. The lowest BCUT2D eigenvalue weighted by atomic mass is 9.91. The molecule has 3 N–H and O–H groups in total. The SMILES string of the molecule is CC(=O)NCc1ccccc1-c1ccc([C@H]2O[C@@H](CSc3ccc(C(=O)O)cc3)[C@@H](C)[C@@H](c3ccc(CO)cc3)O2)cc1. The van der Waals surface area contributed by atoms with E-state index in [2.05, 4.69) is 12.2 Å². The average Bonchev–Trinajstić information content (AvgIpc) is 3.04. The number of aromatic carboxylic acids is 1. The molecule has 222 valence electrons. The first kappa shape index (κ1) is 30.5. The Morgan fingerprint density at radius 2 is 1.53 bits per heavy atom. The van der Waals surface area contributed by atoms with Crippen LogP contribution in [-0.2, 0) is 27.4 Å². The Balaban J connectivity index is 1.38. The van der Waals surface area contributed by atoms with Crippen molar-refractivity contribution in [3.8, 4) is 11.1 Å². The van der Waals surface area contributed by atoms with Gasteiger partial charge in [-0.2, -0.15) is 0 Å². The fourth-order valence-electron chi connectivity index (χ4n) is 5.18. The van der Waals surface area contributed by atoms with E-state index in [0.29, 0.717) is 12.3 Å². The summed E-state index contributed by atoms with van der Waals surface area (Å²) in [5.41, 5.74) is 6.12. The van der Waals surface area contributed by atoms with Gasteiger partial charge in [-0.05, 0) is 52.1 Å². The maximum Gasteiger partial charge on any atom is 0.335 e. The van der Waals surface area contributed by atoms with E-state index in [1.54, 1.807) is 23.9 Å². The van der Waals surface area contributed by atoms with Crippen LogP contribution in [0.2, 0.25) is 0 Å². The molecule has 4 aromatic rings. The summed E-state index contributed by atoms with van der Waals surface area (Å²) in [5.74, 6) is -0.329. The molecule has 0 aromatic heterocycles. The van der Waals surface area contributed by atoms with E-state index in [1.807, 2.05) is 84.9 Å². The lowest BCUT2D eigenvalue weighted by Gasteiger charge is -2.41. The number of amides is 1. The molecule has 0 bridgehead atoms. The number of aliphatic hydroxyl groups excluding tert-OH is 1. The fraction of sp³-hybridized carbons (Fsp3) is 0.257. The number of rotatable bonds is 10. The van der Waals surface area contributed by atoms with Gasteiger partial charge in [-0.1, -0.05) is 79.7 Å². The van der Waals surface area contributed by atoms with Gasteiger partial charge in [0.25, 0.3) is 0 Å². The van der Waals surface area contributed by atoms with Gasteiger partial charge in [-0.25, -0.2) is 4.79 Å². The molecule has 1 aliphatic rings. The minimum atomic E-state index is -0.946. The standard InChI is InChI=1S/C35H35NO6S/c1-22-32(21-43-30-17-15-27(16-18-30)34(39)40)41-35(42-33(22)26-9-7-24(20-37)8-10-26)28-13-11-25(12-14-28)31-6-4-3-5-29(31)19-36-23(2)38/h3-18,22,32-33,35,37H,19-21H2,1-2H3,(H,36,38)(H,39,40)/t22-,32+,33+,35+/m1/s1. The van der Waals surface area contributed by atoms with Crippen molar-refractivity contribution < 1.29 is 29.3 Å². The van der Waals surface area contributed by atoms with Crippen molar-refractivity contribution in [2.45, 2.75) is 50.4 Å².